The van der Waals surface area contributed by atoms with Crippen molar-refractivity contribution in [3.8, 4) is 0 Å². The van der Waals surface area contributed by atoms with Gasteiger partial charge in [0.25, 0.3) is 5.91 Å². The number of benzene rings is 1. The molecule has 1 amide bonds. The van der Waals surface area contributed by atoms with Gasteiger partial charge in [0.1, 0.15) is 0 Å². The van der Waals surface area contributed by atoms with Crippen molar-refractivity contribution in [1.29, 1.82) is 0 Å². The molecule has 132 valence electrons. The fourth-order valence-corrected chi connectivity index (χ4v) is 3.07. The van der Waals surface area contributed by atoms with Crippen LogP contribution >= 0.6 is 0 Å². The molecule has 0 radical (unpaired) electrons. The number of nitrogens with zero attached hydrogens (tertiary/aromatic N) is 3. The number of amides is 1. The number of ether oxygens (including phenoxy) is 1. The minimum atomic E-state index is -0.230. The Morgan fingerprint density at radius 3 is 2.80 bits per heavy atom. The molecule has 6 heteroatoms. The van der Waals surface area contributed by atoms with Crippen LogP contribution in [-0.4, -0.2) is 46.3 Å². The van der Waals surface area contributed by atoms with Gasteiger partial charge < -0.3 is 9.64 Å². The summed E-state index contributed by atoms with van der Waals surface area (Å²) in [6, 6.07) is 11.1. The third-order valence-electron chi connectivity index (χ3n) is 4.40. The van der Waals surface area contributed by atoms with Gasteiger partial charge >= 0.3 is 5.97 Å². The van der Waals surface area contributed by atoms with Crippen molar-refractivity contribution in [3.05, 3.63) is 54.4 Å². The largest absolute Gasteiger partial charge is 0.465 e. The zero-order valence-electron chi connectivity index (χ0n) is 14.2. The standard InChI is InChI=1S/C19H23N3O3/c23-18(16-7-2-1-3-8-16)21-11-4-9-17(15-21)19(24)25-14-6-13-22-12-5-10-20-22/h1-3,5,7-8,10,12,17H,4,6,9,11,13-15H2/t17-/m1/s1. The summed E-state index contributed by atoms with van der Waals surface area (Å²) in [6.45, 7) is 2.23. The van der Waals surface area contributed by atoms with Crippen LogP contribution in [0.5, 0.6) is 0 Å². The second kappa shape index (κ2) is 8.46. The lowest BCUT2D eigenvalue weighted by Crippen LogP contribution is -2.42. The summed E-state index contributed by atoms with van der Waals surface area (Å²) in [6.07, 6.45) is 5.94. The van der Waals surface area contributed by atoms with E-state index < -0.39 is 0 Å². The average Bonchev–Trinajstić information content (AvgIpc) is 3.19. The van der Waals surface area contributed by atoms with E-state index >= 15 is 0 Å². The summed E-state index contributed by atoms with van der Waals surface area (Å²) < 4.78 is 7.21. The van der Waals surface area contributed by atoms with Crippen LogP contribution in [0, 0.1) is 5.92 Å². The van der Waals surface area contributed by atoms with Gasteiger partial charge in [-0.05, 0) is 31.0 Å². The van der Waals surface area contributed by atoms with E-state index in [4.69, 9.17) is 4.74 Å². The zero-order valence-corrected chi connectivity index (χ0v) is 14.2. The van der Waals surface area contributed by atoms with Crippen LogP contribution < -0.4 is 0 Å². The van der Waals surface area contributed by atoms with Crippen LogP contribution in [0.2, 0.25) is 0 Å². The highest BCUT2D eigenvalue weighted by Gasteiger charge is 2.29. The zero-order chi connectivity index (χ0) is 17.5. The van der Waals surface area contributed by atoms with Gasteiger partial charge in [0, 0.05) is 44.0 Å². The molecule has 0 aliphatic carbocycles. The number of carbonyl (C=O) groups is 2. The lowest BCUT2D eigenvalue weighted by Gasteiger charge is -2.31. The van der Waals surface area contributed by atoms with Gasteiger partial charge in [-0.25, -0.2) is 0 Å². The summed E-state index contributed by atoms with van der Waals surface area (Å²) in [5.74, 6) is -0.450. The molecule has 0 saturated carbocycles. The van der Waals surface area contributed by atoms with Gasteiger partial charge in [-0.15, -0.1) is 0 Å². The lowest BCUT2D eigenvalue weighted by molar-refractivity contribution is -0.150. The van der Waals surface area contributed by atoms with Crippen molar-refractivity contribution in [2.75, 3.05) is 19.7 Å². The Hall–Kier alpha value is -2.63. The summed E-state index contributed by atoms with van der Waals surface area (Å²) in [5, 5.41) is 4.11. The normalized spacial score (nSPS) is 17.3. The summed E-state index contributed by atoms with van der Waals surface area (Å²) in [4.78, 5) is 26.6. The Kier molecular flexibility index (Phi) is 5.82. The maximum Gasteiger partial charge on any atom is 0.310 e. The minimum absolute atomic E-state index is 0.0169. The van der Waals surface area contributed by atoms with Gasteiger partial charge in [-0.3, -0.25) is 14.3 Å². The van der Waals surface area contributed by atoms with E-state index in [2.05, 4.69) is 5.10 Å². The number of likely N-dealkylation sites (tertiary alicyclic amines) is 1. The number of piperidine rings is 1. The SMILES string of the molecule is O=C(OCCCn1cccn1)[C@@H]1CCCN(C(=O)c2ccccc2)C1. The van der Waals surface area contributed by atoms with E-state index in [1.807, 2.05) is 35.1 Å². The number of hydrogen-bond acceptors (Lipinski definition) is 4. The minimum Gasteiger partial charge on any atom is -0.465 e. The van der Waals surface area contributed by atoms with Crippen molar-refractivity contribution in [2.45, 2.75) is 25.8 Å². The van der Waals surface area contributed by atoms with Crippen molar-refractivity contribution >= 4 is 11.9 Å². The van der Waals surface area contributed by atoms with Gasteiger partial charge in [-0.1, -0.05) is 18.2 Å². The predicted octanol–water partition coefficient (Wildman–Crippen LogP) is 2.37. The Morgan fingerprint density at radius 1 is 1.20 bits per heavy atom. The van der Waals surface area contributed by atoms with E-state index in [-0.39, 0.29) is 17.8 Å². The van der Waals surface area contributed by atoms with E-state index in [1.165, 1.54) is 0 Å². The molecule has 2 aromatic rings. The van der Waals surface area contributed by atoms with Crippen molar-refractivity contribution in [1.82, 2.24) is 14.7 Å². The number of hydrogen-bond donors (Lipinski definition) is 0. The molecule has 1 aromatic carbocycles. The van der Waals surface area contributed by atoms with E-state index in [1.54, 1.807) is 23.2 Å². The molecule has 1 fully saturated rings. The molecule has 6 nitrogen and oxygen atoms in total. The van der Waals surface area contributed by atoms with Crippen molar-refractivity contribution < 1.29 is 14.3 Å². The maximum atomic E-state index is 12.5. The Labute approximate surface area is 147 Å². The highest BCUT2D eigenvalue weighted by molar-refractivity contribution is 5.94. The van der Waals surface area contributed by atoms with Crippen LogP contribution in [0.3, 0.4) is 0 Å². The first-order valence-corrected chi connectivity index (χ1v) is 8.72. The number of esters is 1. The first-order valence-electron chi connectivity index (χ1n) is 8.72. The maximum absolute atomic E-state index is 12.5. The van der Waals surface area contributed by atoms with E-state index in [0.717, 1.165) is 25.8 Å². The molecular formula is C19H23N3O3. The molecule has 0 spiro atoms. The quantitative estimate of drug-likeness (QED) is 0.598. The van der Waals surface area contributed by atoms with Crippen molar-refractivity contribution in [3.63, 3.8) is 0 Å². The Balaban J connectivity index is 1.45. The van der Waals surface area contributed by atoms with Crippen LogP contribution in [0.1, 0.15) is 29.6 Å². The molecule has 0 unspecified atom stereocenters. The molecule has 1 saturated heterocycles. The number of carbonyl (C=O) groups excluding carboxylic acids is 2. The van der Waals surface area contributed by atoms with Gasteiger partial charge in [0.05, 0.1) is 12.5 Å². The smallest absolute Gasteiger partial charge is 0.310 e. The molecule has 3 rings (SSSR count). The molecule has 1 atom stereocenters. The van der Waals surface area contributed by atoms with Gasteiger partial charge in [0.2, 0.25) is 0 Å². The monoisotopic (exact) mass is 341 g/mol. The fourth-order valence-electron chi connectivity index (χ4n) is 3.07. The third kappa shape index (κ3) is 4.68. The fraction of sp³-hybridized carbons (Fsp3) is 0.421. The summed E-state index contributed by atoms with van der Waals surface area (Å²) in [5.41, 5.74) is 0.663. The van der Waals surface area contributed by atoms with Crippen molar-refractivity contribution in [2.24, 2.45) is 5.92 Å². The number of aryl methyl sites for hydroxylation is 1. The highest BCUT2D eigenvalue weighted by Crippen LogP contribution is 2.20. The average molecular weight is 341 g/mol. The first-order chi connectivity index (χ1) is 12.2. The van der Waals surface area contributed by atoms with E-state index in [9.17, 15) is 9.59 Å². The van der Waals surface area contributed by atoms with Crippen LogP contribution in [0.4, 0.5) is 0 Å². The lowest BCUT2D eigenvalue weighted by atomic mass is 9.97. The molecule has 1 aromatic heterocycles. The molecular weight excluding hydrogens is 318 g/mol. The molecule has 2 heterocycles. The molecule has 1 aliphatic heterocycles. The van der Waals surface area contributed by atoms with Gasteiger partial charge in [0.15, 0.2) is 0 Å². The van der Waals surface area contributed by atoms with Crippen LogP contribution in [0.25, 0.3) is 0 Å². The van der Waals surface area contributed by atoms with Gasteiger partial charge in [-0.2, -0.15) is 5.10 Å². The van der Waals surface area contributed by atoms with Crippen LogP contribution in [0.15, 0.2) is 48.8 Å². The molecule has 0 N–H and O–H groups in total. The highest BCUT2D eigenvalue weighted by atomic mass is 16.5. The summed E-state index contributed by atoms with van der Waals surface area (Å²) >= 11 is 0. The molecule has 25 heavy (non-hydrogen) atoms. The topological polar surface area (TPSA) is 64.4 Å². The first kappa shape index (κ1) is 17.2. The number of aromatic nitrogens is 2. The van der Waals surface area contributed by atoms with Crippen LogP contribution in [-0.2, 0) is 16.1 Å². The predicted molar refractivity (Wildman–Crippen MR) is 92.9 cm³/mol. The molecule has 1 aliphatic rings. The second-order valence-corrected chi connectivity index (χ2v) is 6.25. The molecule has 0 bridgehead atoms. The summed E-state index contributed by atoms with van der Waals surface area (Å²) in [7, 11) is 0. The Bertz CT molecular complexity index is 685. The van der Waals surface area contributed by atoms with E-state index in [0.29, 0.717) is 25.3 Å². The Morgan fingerprint density at radius 2 is 2.04 bits per heavy atom. The number of rotatable bonds is 6. The second-order valence-electron chi connectivity index (χ2n) is 6.25. The third-order valence-corrected chi connectivity index (χ3v) is 4.40.